The van der Waals surface area contributed by atoms with Gasteiger partial charge in [-0.3, -0.25) is 9.63 Å². The summed E-state index contributed by atoms with van der Waals surface area (Å²) in [5, 5.41) is 4.28. The summed E-state index contributed by atoms with van der Waals surface area (Å²) in [5.41, 5.74) is 1.25. The summed E-state index contributed by atoms with van der Waals surface area (Å²) in [7, 11) is 2.95. The van der Waals surface area contributed by atoms with Gasteiger partial charge in [-0.2, -0.15) is 0 Å². The zero-order chi connectivity index (χ0) is 24.9. The largest absolute Gasteiger partial charge is 0.447 e. The van der Waals surface area contributed by atoms with E-state index in [4.69, 9.17) is 9.57 Å². The molecule has 0 aliphatic rings. The molecule has 0 aliphatic carbocycles. The van der Waals surface area contributed by atoms with Gasteiger partial charge in [0.1, 0.15) is 17.1 Å². The molecule has 0 aliphatic heterocycles. The molecule has 0 unspecified atom stereocenters. The van der Waals surface area contributed by atoms with Crippen molar-refractivity contribution in [3.8, 4) is 5.75 Å². The third-order valence-electron chi connectivity index (χ3n) is 4.36. The van der Waals surface area contributed by atoms with Gasteiger partial charge in [0, 0.05) is 30.8 Å². The Hall–Kier alpha value is -2.20. The second-order valence-corrected chi connectivity index (χ2v) is 11.4. The van der Waals surface area contributed by atoms with E-state index in [1.807, 2.05) is 47.8 Å². The minimum Gasteiger partial charge on any atom is -0.409 e. The van der Waals surface area contributed by atoms with Gasteiger partial charge < -0.3 is 4.74 Å². The zero-order valence-electron chi connectivity index (χ0n) is 20.4. The quantitative estimate of drug-likeness (QED) is 0.130. The Kier molecular flexibility index (Phi) is 9.65. The van der Waals surface area contributed by atoms with Gasteiger partial charge in [-0.1, -0.05) is 46.7 Å². The third-order valence-corrected chi connectivity index (χ3v) is 5.81. The number of thioether (sulfide) groups is 1. The van der Waals surface area contributed by atoms with Gasteiger partial charge >= 0.3 is 12.2 Å². The molecule has 10 heteroatoms. The van der Waals surface area contributed by atoms with Crippen molar-refractivity contribution in [3.63, 3.8) is 0 Å². The minimum absolute atomic E-state index is 0.381. The molecule has 0 saturated carbocycles. The summed E-state index contributed by atoms with van der Waals surface area (Å²) in [5.74, 6) is 0.415. The Morgan fingerprint density at radius 1 is 0.969 bits per heavy atom. The number of oxime groups is 1. The number of amides is 2. The van der Waals surface area contributed by atoms with Crippen molar-refractivity contribution in [3.05, 3.63) is 28.8 Å². The van der Waals surface area contributed by atoms with Crippen LogP contribution in [0.15, 0.2) is 17.3 Å². The summed E-state index contributed by atoms with van der Waals surface area (Å²) in [6.07, 6.45) is 1.20. The Morgan fingerprint density at radius 2 is 1.44 bits per heavy atom. The first-order valence-electron chi connectivity index (χ1n) is 9.93. The van der Waals surface area contributed by atoms with E-state index in [2.05, 4.69) is 5.16 Å². The molecule has 1 aromatic rings. The Labute approximate surface area is 199 Å². The van der Waals surface area contributed by atoms with Crippen molar-refractivity contribution < 1.29 is 24.0 Å². The topological polar surface area (TPSA) is 88.5 Å². The number of nitrogens with zero attached hydrogens (tertiary/aromatic N) is 3. The van der Waals surface area contributed by atoms with Gasteiger partial charge in [0.15, 0.2) is 0 Å². The molecule has 0 N–H and O–H groups in total. The predicted molar refractivity (Wildman–Crippen MR) is 131 cm³/mol. The van der Waals surface area contributed by atoms with E-state index in [0.717, 1.165) is 33.9 Å². The van der Waals surface area contributed by atoms with Gasteiger partial charge in [-0.05, 0) is 36.1 Å². The number of aldehydes is 1. The molecule has 1 aromatic carbocycles. The van der Waals surface area contributed by atoms with E-state index in [0.29, 0.717) is 16.4 Å². The van der Waals surface area contributed by atoms with Gasteiger partial charge in [0.25, 0.3) is 0 Å². The van der Waals surface area contributed by atoms with Crippen molar-refractivity contribution >= 4 is 47.4 Å². The number of carbonyl (C=O) groups is 3. The number of rotatable bonds is 5. The molecule has 0 heterocycles. The number of ether oxygens (including phenoxy) is 1. The fourth-order valence-electron chi connectivity index (χ4n) is 2.54. The first-order valence-corrected chi connectivity index (χ1v) is 11.9. The Morgan fingerprint density at radius 3 is 1.84 bits per heavy atom. The lowest BCUT2D eigenvalue weighted by molar-refractivity contribution is 0.112. The van der Waals surface area contributed by atoms with Crippen LogP contribution in [0.5, 0.6) is 5.75 Å². The van der Waals surface area contributed by atoms with Gasteiger partial charge in [0.2, 0.25) is 0 Å². The highest BCUT2D eigenvalue weighted by Gasteiger charge is 2.30. The maximum absolute atomic E-state index is 12.9. The number of hydrogen-bond acceptors (Lipinski definition) is 8. The molecule has 0 radical (unpaired) electrons. The fraction of sp³-hybridized carbons (Fsp3) is 0.545. The molecule has 2 amide bonds. The zero-order valence-corrected chi connectivity index (χ0v) is 22.1. The van der Waals surface area contributed by atoms with E-state index >= 15 is 0 Å². The smallest absolute Gasteiger partial charge is 0.409 e. The number of benzene rings is 1. The highest BCUT2D eigenvalue weighted by Crippen LogP contribution is 2.41. The average molecular weight is 484 g/mol. The SMILES string of the molecule is CSC(C)=NOC(=O)N(C)SN(C)C(=O)Oc1c(C(C)(C)C)cc(C=O)cc1C(C)(C)C. The van der Waals surface area contributed by atoms with Crippen molar-refractivity contribution in [1.29, 1.82) is 0 Å². The highest BCUT2D eigenvalue weighted by atomic mass is 32.2. The van der Waals surface area contributed by atoms with Crippen molar-refractivity contribution in [2.24, 2.45) is 5.16 Å². The van der Waals surface area contributed by atoms with Crippen LogP contribution < -0.4 is 4.74 Å². The second kappa shape index (κ2) is 11.1. The minimum atomic E-state index is -0.732. The van der Waals surface area contributed by atoms with Crippen LogP contribution in [0.1, 0.15) is 70.0 Å². The Balaban J connectivity index is 3.18. The van der Waals surface area contributed by atoms with Crippen LogP contribution in [0.3, 0.4) is 0 Å². The highest BCUT2D eigenvalue weighted by molar-refractivity contribution is 8.13. The lowest BCUT2D eigenvalue weighted by Crippen LogP contribution is -2.32. The van der Waals surface area contributed by atoms with Crippen LogP contribution in [0.4, 0.5) is 9.59 Å². The van der Waals surface area contributed by atoms with Crippen molar-refractivity contribution in [1.82, 2.24) is 8.61 Å². The van der Waals surface area contributed by atoms with Gasteiger partial charge in [0.05, 0.1) is 12.1 Å². The van der Waals surface area contributed by atoms with Crippen LogP contribution in [-0.4, -0.2) is 52.5 Å². The molecule has 1 rings (SSSR count). The molecule has 0 spiro atoms. The summed E-state index contributed by atoms with van der Waals surface area (Å²) in [6.45, 7) is 13.6. The number of hydrogen-bond donors (Lipinski definition) is 0. The van der Waals surface area contributed by atoms with E-state index < -0.39 is 12.2 Å². The lowest BCUT2D eigenvalue weighted by Gasteiger charge is -2.30. The Bertz CT molecular complexity index is 854. The maximum atomic E-state index is 12.9. The standard InChI is InChI=1S/C22H33N3O5S2/c1-14(31-10)23-30-20(28)25(9)32-24(8)19(27)29-18-16(21(2,3)4)11-15(13-26)12-17(18)22(5,6)7/h11-13H,1-10H3. The average Bonchev–Trinajstić information content (AvgIpc) is 2.69. The van der Waals surface area contributed by atoms with Crippen LogP contribution in [0, 0.1) is 0 Å². The van der Waals surface area contributed by atoms with E-state index in [1.165, 1.54) is 30.2 Å². The molecule has 32 heavy (non-hydrogen) atoms. The van der Waals surface area contributed by atoms with Crippen LogP contribution in [0.2, 0.25) is 0 Å². The molecule has 0 fully saturated rings. The first-order chi connectivity index (χ1) is 14.6. The van der Waals surface area contributed by atoms with E-state index in [9.17, 15) is 14.4 Å². The fourth-order valence-corrected chi connectivity index (χ4v) is 3.23. The van der Waals surface area contributed by atoms with E-state index in [-0.39, 0.29) is 10.8 Å². The molecule has 0 atom stereocenters. The monoisotopic (exact) mass is 483 g/mol. The predicted octanol–water partition coefficient (Wildman–Crippen LogP) is 5.85. The normalized spacial score (nSPS) is 12.2. The molecule has 0 bridgehead atoms. The first kappa shape index (κ1) is 27.8. The van der Waals surface area contributed by atoms with E-state index in [1.54, 1.807) is 19.1 Å². The summed E-state index contributed by atoms with van der Waals surface area (Å²) in [4.78, 5) is 41.3. The summed E-state index contributed by atoms with van der Waals surface area (Å²) >= 11 is 2.16. The van der Waals surface area contributed by atoms with Crippen LogP contribution in [-0.2, 0) is 15.7 Å². The van der Waals surface area contributed by atoms with Crippen LogP contribution in [0.25, 0.3) is 0 Å². The third kappa shape index (κ3) is 7.74. The molecular weight excluding hydrogens is 450 g/mol. The van der Waals surface area contributed by atoms with Crippen molar-refractivity contribution in [2.75, 3.05) is 20.4 Å². The molecular formula is C22H33N3O5S2. The maximum Gasteiger partial charge on any atom is 0.447 e. The summed E-state index contributed by atoms with van der Waals surface area (Å²) in [6, 6.07) is 3.49. The molecule has 0 saturated heterocycles. The molecule has 0 aromatic heterocycles. The van der Waals surface area contributed by atoms with Gasteiger partial charge in [-0.25, -0.2) is 18.2 Å². The molecule has 178 valence electrons. The number of carbonyl (C=O) groups excluding carboxylic acids is 3. The second-order valence-electron chi connectivity index (χ2n) is 9.18. The summed E-state index contributed by atoms with van der Waals surface area (Å²) < 4.78 is 8.14. The van der Waals surface area contributed by atoms with Gasteiger partial charge in [-0.15, -0.1) is 11.8 Å². The van der Waals surface area contributed by atoms with Crippen LogP contribution >= 0.6 is 23.9 Å². The molecule has 8 nitrogen and oxygen atoms in total. The van der Waals surface area contributed by atoms with Crippen molar-refractivity contribution in [2.45, 2.75) is 59.3 Å². The lowest BCUT2D eigenvalue weighted by atomic mass is 9.78.